The molecule has 0 unspecified atom stereocenters. The van der Waals surface area contributed by atoms with Gasteiger partial charge in [-0.1, -0.05) is 0 Å². The van der Waals surface area contributed by atoms with Crippen LogP contribution in [0.5, 0.6) is 11.5 Å². The van der Waals surface area contributed by atoms with Gasteiger partial charge in [-0.15, -0.1) is 0 Å². The van der Waals surface area contributed by atoms with E-state index in [2.05, 4.69) is 5.32 Å². The molecule has 0 aliphatic rings. The number of nitrogens with two attached hydrogens (primary N) is 1. The van der Waals surface area contributed by atoms with Gasteiger partial charge in [0.15, 0.2) is 0 Å². The molecule has 0 heterocycles. The van der Waals surface area contributed by atoms with E-state index in [1.54, 1.807) is 0 Å². The summed E-state index contributed by atoms with van der Waals surface area (Å²) in [5.74, 6) is -1.06. The number of nitrogens with one attached hydrogen (secondary N) is 1. The van der Waals surface area contributed by atoms with Crippen LogP contribution in [0.1, 0.15) is 10.4 Å². The molecule has 21 heavy (non-hydrogen) atoms. The number of sulfonamides is 1. The van der Waals surface area contributed by atoms with Gasteiger partial charge in [0.2, 0.25) is 10.0 Å². The molecule has 0 radical (unpaired) electrons. The lowest BCUT2D eigenvalue weighted by Gasteiger charge is -2.07. The van der Waals surface area contributed by atoms with Gasteiger partial charge >= 0.3 is 0 Å². The second-order valence-corrected chi connectivity index (χ2v) is 5.82. The van der Waals surface area contributed by atoms with Crippen molar-refractivity contribution in [3.05, 3.63) is 48.0 Å². The smallest absolute Gasteiger partial charge is 0.255 e. The minimum atomic E-state index is -3.79. The Labute approximate surface area is 120 Å². The number of rotatable bonds is 3. The van der Waals surface area contributed by atoms with Crippen LogP contribution in [0, 0.1) is 0 Å². The monoisotopic (exact) mass is 308 g/mol. The molecular formula is C13H12N2O5S. The molecule has 0 aliphatic carbocycles. The Morgan fingerprint density at radius 1 is 1.00 bits per heavy atom. The van der Waals surface area contributed by atoms with Crippen LogP contribution in [0.25, 0.3) is 0 Å². The third kappa shape index (κ3) is 3.71. The van der Waals surface area contributed by atoms with E-state index < -0.39 is 15.9 Å². The molecule has 0 atom stereocenters. The highest BCUT2D eigenvalue weighted by Gasteiger charge is 2.10. The minimum Gasteiger partial charge on any atom is -0.508 e. The fourth-order valence-electron chi connectivity index (χ4n) is 1.66. The summed E-state index contributed by atoms with van der Waals surface area (Å²) in [6.07, 6.45) is 0. The molecule has 110 valence electrons. The number of hydrogen-bond donors (Lipinski definition) is 4. The van der Waals surface area contributed by atoms with Crippen molar-refractivity contribution in [2.24, 2.45) is 5.14 Å². The molecule has 2 aromatic carbocycles. The topological polar surface area (TPSA) is 130 Å². The van der Waals surface area contributed by atoms with Crippen LogP contribution in [0.3, 0.4) is 0 Å². The first-order valence-corrected chi connectivity index (χ1v) is 7.27. The highest BCUT2D eigenvalue weighted by Crippen LogP contribution is 2.21. The molecule has 0 aliphatic heterocycles. The first kappa shape index (κ1) is 14.8. The zero-order valence-corrected chi connectivity index (χ0v) is 11.5. The lowest BCUT2D eigenvalue weighted by Crippen LogP contribution is -2.13. The summed E-state index contributed by atoms with van der Waals surface area (Å²) >= 11 is 0. The number of phenols is 2. The third-order valence-electron chi connectivity index (χ3n) is 2.61. The molecule has 7 nitrogen and oxygen atoms in total. The first-order chi connectivity index (χ1) is 9.75. The van der Waals surface area contributed by atoms with Crippen molar-refractivity contribution in [1.82, 2.24) is 0 Å². The van der Waals surface area contributed by atoms with Crippen LogP contribution >= 0.6 is 0 Å². The third-order valence-corrected chi connectivity index (χ3v) is 3.53. The van der Waals surface area contributed by atoms with E-state index in [1.165, 1.54) is 36.4 Å². The summed E-state index contributed by atoms with van der Waals surface area (Å²) < 4.78 is 22.2. The summed E-state index contributed by atoms with van der Waals surface area (Å²) in [5.41, 5.74) is 0.401. The maximum Gasteiger partial charge on any atom is 0.255 e. The number of anilines is 1. The van der Waals surface area contributed by atoms with Gasteiger partial charge in [-0.2, -0.15) is 0 Å². The Morgan fingerprint density at radius 2 is 1.52 bits per heavy atom. The SMILES string of the molecule is NS(=O)(=O)c1ccc(NC(=O)c2cc(O)cc(O)c2)cc1. The molecule has 2 aromatic rings. The first-order valence-electron chi connectivity index (χ1n) is 5.73. The Kier molecular flexibility index (Phi) is 3.83. The van der Waals surface area contributed by atoms with Crippen molar-refractivity contribution in [3.63, 3.8) is 0 Å². The van der Waals surface area contributed by atoms with E-state index >= 15 is 0 Å². The second-order valence-electron chi connectivity index (χ2n) is 4.26. The van der Waals surface area contributed by atoms with Crippen molar-refractivity contribution in [1.29, 1.82) is 0 Å². The number of primary sulfonamides is 1. The van der Waals surface area contributed by atoms with Crippen LogP contribution in [0.2, 0.25) is 0 Å². The Balaban J connectivity index is 2.20. The van der Waals surface area contributed by atoms with Crippen molar-refractivity contribution >= 4 is 21.6 Å². The van der Waals surface area contributed by atoms with Crippen molar-refractivity contribution in [2.75, 3.05) is 5.32 Å². The van der Waals surface area contributed by atoms with Gasteiger partial charge in [0.1, 0.15) is 11.5 Å². The van der Waals surface area contributed by atoms with Crippen molar-refractivity contribution in [2.45, 2.75) is 4.90 Å². The summed E-state index contributed by atoms with van der Waals surface area (Å²) in [5, 5.41) is 26.1. The quantitative estimate of drug-likeness (QED) is 0.672. The zero-order chi connectivity index (χ0) is 15.6. The van der Waals surface area contributed by atoms with Gasteiger partial charge in [-0.25, -0.2) is 13.6 Å². The number of carbonyl (C=O) groups excluding carboxylic acids is 1. The molecule has 0 bridgehead atoms. The summed E-state index contributed by atoms with van der Waals surface area (Å²) in [4.78, 5) is 11.9. The van der Waals surface area contributed by atoms with Crippen LogP contribution in [0.15, 0.2) is 47.4 Å². The molecule has 0 saturated heterocycles. The molecule has 5 N–H and O–H groups in total. The molecule has 1 amide bonds. The Morgan fingerprint density at radius 3 is 2.00 bits per heavy atom. The van der Waals surface area contributed by atoms with Crippen molar-refractivity contribution in [3.8, 4) is 11.5 Å². The molecule has 0 fully saturated rings. The molecular weight excluding hydrogens is 296 g/mol. The van der Waals surface area contributed by atoms with Gasteiger partial charge < -0.3 is 15.5 Å². The van der Waals surface area contributed by atoms with Crippen molar-refractivity contribution < 1.29 is 23.4 Å². The molecule has 0 saturated carbocycles. The largest absolute Gasteiger partial charge is 0.508 e. The standard InChI is InChI=1S/C13H12N2O5S/c14-21(19,20)12-3-1-9(2-4-12)15-13(18)8-5-10(16)7-11(17)6-8/h1-7,16-17H,(H,15,18)(H2,14,19,20). The van der Waals surface area contributed by atoms with E-state index in [4.69, 9.17) is 5.14 Å². The number of phenolic OH excluding ortho intramolecular Hbond substituents is 2. The molecule has 2 rings (SSSR count). The fourth-order valence-corrected chi connectivity index (χ4v) is 2.17. The molecule has 8 heteroatoms. The van der Waals surface area contributed by atoms with E-state index in [0.717, 1.165) is 6.07 Å². The van der Waals surface area contributed by atoms with Gasteiger partial charge in [0.05, 0.1) is 4.90 Å². The Bertz CT molecular complexity index is 764. The number of benzene rings is 2. The summed E-state index contributed by atoms with van der Waals surface area (Å²) in [7, 11) is -3.79. The van der Waals surface area contributed by atoms with Gasteiger partial charge in [-0.3, -0.25) is 4.79 Å². The summed E-state index contributed by atoms with van der Waals surface area (Å²) in [6.45, 7) is 0. The van der Waals surface area contributed by atoms with E-state index in [0.29, 0.717) is 5.69 Å². The number of hydrogen-bond acceptors (Lipinski definition) is 5. The van der Waals surface area contributed by atoms with Crippen LogP contribution < -0.4 is 10.5 Å². The molecule has 0 aromatic heterocycles. The summed E-state index contributed by atoms with van der Waals surface area (Å²) in [6, 6.07) is 8.73. The predicted molar refractivity (Wildman–Crippen MR) is 75.5 cm³/mol. The zero-order valence-electron chi connectivity index (χ0n) is 10.6. The lowest BCUT2D eigenvalue weighted by molar-refractivity contribution is 0.102. The number of carbonyl (C=O) groups is 1. The van der Waals surface area contributed by atoms with Crippen LogP contribution in [0.4, 0.5) is 5.69 Å². The predicted octanol–water partition coefficient (Wildman–Crippen LogP) is 0.998. The fraction of sp³-hybridized carbons (Fsp3) is 0. The number of aromatic hydroxyl groups is 2. The van der Waals surface area contributed by atoms with E-state index in [-0.39, 0.29) is 22.0 Å². The van der Waals surface area contributed by atoms with E-state index in [9.17, 15) is 23.4 Å². The molecule has 0 spiro atoms. The maximum atomic E-state index is 11.9. The van der Waals surface area contributed by atoms with Crippen LogP contribution in [-0.2, 0) is 10.0 Å². The Hall–Kier alpha value is -2.58. The van der Waals surface area contributed by atoms with Crippen LogP contribution in [-0.4, -0.2) is 24.5 Å². The lowest BCUT2D eigenvalue weighted by atomic mass is 10.2. The van der Waals surface area contributed by atoms with Gasteiger partial charge in [-0.05, 0) is 36.4 Å². The minimum absolute atomic E-state index is 0.0584. The average molecular weight is 308 g/mol. The maximum absolute atomic E-state index is 11.9. The second kappa shape index (κ2) is 5.43. The number of amides is 1. The normalized spacial score (nSPS) is 11.1. The average Bonchev–Trinajstić information content (AvgIpc) is 2.37. The van der Waals surface area contributed by atoms with E-state index in [1.807, 2.05) is 0 Å². The van der Waals surface area contributed by atoms with Gasteiger partial charge in [0, 0.05) is 17.3 Å². The highest BCUT2D eigenvalue weighted by atomic mass is 32.2. The highest BCUT2D eigenvalue weighted by molar-refractivity contribution is 7.89. The van der Waals surface area contributed by atoms with Gasteiger partial charge in [0.25, 0.3) is 5.91 Å².